The highest BCUT2D eigenvalue weighted by molar-refractivity contribution is 5.15. The molecule has 0 aliphatic carbocycles. The van der Waals surface area contributed by atoms with Crippen LogP contribution in [0.2, 0.25) is 0 Å². The number of hydrogen-bond donors (Lipinski definition) is 0. The first kappa shape index (κ1) is 22.6. The van der Waals surface area contributed by atoms with Gasteiger partial charge in [0.2, 0.25) is 0 Å². The molecule has 3 aromatic carbocycles. The fraction of sp³-hybridized carbons (Fsp3) is 0.333. The zero-order chi connectivity index (χ0) is 22.0. The maximum Gasteiger partial charge on any atom is 0.186 e. The Hall–Kier alpha value is -2.54. The number of ether oxygens (including phenoxy) is 5. The average Bonchev–Trinajstić information content (AvgIpc) is 3.19. The van der Waals surface area contributed by atoms with Crippen LogP contribution in [0.4, 0.5) is 0 Å². The molecule has 4 rings (SSSR count). The van der Waals surface area contributed by atoms with Gasteiger partial charge >= 0.3 is 0 Å². The summed E-state index contributed by atoms with van der Waals surface area (Å²) in [6.45, 7) is 1.82. The lowest BCUT2D eigenvalue weighted by Gasteiger charge is -2.24. The summed E-state index contributed by atoms with van der Waals surface area (Å²) in [5, 5.41) is 0. The standard InChI is InChI=1S/C27H30O5/c1-28-27-26(31-19-23-15-9-4-10-16-23)25(30-18-22-13-7-3-8-14-22)24(32-27)20-29-17-21-11-5-2-6-12-21/h2-16,24-27H,17-20H2,1H3/t24-,25-,26-,27?/m0/s1. The molecule has 0 N–H and O–H groups in total. The molecular weight excluding hydrogens is 404 g/mol. The van der Waals surface area contributed by atoms with Crippen LogP contribution in [0.3, 0.4) is 0 Å². The maximum absolute atomic E-state index is 6.33. The van der Waals surface area contributed by atoms with Crippen LogP contribution in [-0.2, 0) is 43.5 Å². The van der Waals surface area contributed by atoms with Gasteiger partial charge in [-0.05, 0) is 16.7 Å². The van der Waals surface area contributed by atoms with Gasteiger partial charge in [-0.1, -0.05) is 91.0 Å². The molecule has 1 heterocycles. The van der Waals surface area contributed by atoms with Gasteiger partial charge in [0.1, 0.15) is 18.3 Å². The topological polar surface area (TPSA) is 46.2 Å². The summed E-state index contributed by atoms with van der Waals surface area (Å²) in [4.78, 5) is 0. The van der Waals surface area contributed by atoms with E-state index in [2.05, 4.69) is 0 Å². The summed E-state index contributed by atoms with van der Waals surface area (Å²) >= 11 is 0. The number of hydrogen-bond acceptors (Lipinski definition) is 5. The zero-order valence-corrected chi connectivity index (χ0v) is 18.3. The van der Waals surface area contributed by atoms with Crippen LogP contribution in [0, 0.1) is 0 Å². The summed E-state index contributed by atoms with van der Waals surface area (Å²) in [7, 11) is 1.63. The minimum absolute atomic E-state index is 0.298. The molecular formula is C27H30O5. The van der Waals surface area contributed by atoms with Crippen molar-refractivity contribution >= 4 is 0 Å². The summed E-state index contributed by atoms with van der Waals surface area (Å²) in [6, 6.07) is 30.3. The van der Waals surface area contributed by atoms with E-state index in [1.54, 1.807) is 7.11 Å². The largest absolute Gasteiger partial charge is 0.374 e. The van der Waals surface area contributed by atoms with E-state index in [4.69, 9.17) is 23.7 Å². The van der Waals surface area contributed by atoms with E-state index < -0.39 is 6.29 Å². The Balaban J connectivity index is 1.42. The number of benzene rings is 3. The van der Waals surface area contributed by atoms with Crippen LogP contribution < -0.4 is 0 Å². The van der Waals surface area contributed by atoms with Crippen molar-refractivity contribution in [2.45, 2.75) is 44.4 Å². The highest BCUT2D eigenvalue weighted by Gasteiger charge is 2.46. The first-order chi connectivity index (χ1) is 15.8. The van der Waals surface area contributed by atoms with E-state index >= 15 is 0 Å². The zero-order valence-electron chi connectivity index (χ0n) is 18.3. The van der Waals surface area contributed by atoms with Crippen molar-refractivity contribution < 1.29 is 23.7 Å². The Labute approximate surface area is 189 Å². The molecule has 32 heavy (non-hydrogen) atoms. The third kappa shape index (κ3) is 6.25. The Kier molecular flexibility index (Phi) is 8.42. The molecule has 5 nitrogen and oxygen atoms in total. The summed E-state index contributed by atoms with van der Waals surface area (Å²) in [5.74, 6) is 0. The Bertz CT molecular complexity index is 903. The second-order valence-electron chi connectivity index (χ2n) is 7.80. The molecule has 5 heteroatoms. The lowest BCUT2D eigenvalue weighted by molar-refractivity contribution is -0.170. The van der Waals surface area contributed by atoms with Gasteiger partial charge in [0.05, 0.1) is 26.4 Å². The molecule has 3 aromatic rings. The normalized spacial score (nSPS) is 22.8. The van der Waals surface area contributed by atoms with E-state index in [1.807, 2.05) is 91.0 Å². The van der Waals surface area contributed by atoms with Gasteiger partial charge in [0.25, 0.3) is 0 Å². The summed E-state index contributed by atoms with van der Waals surface area (Å²) < 4.78 is 30.3. The van der Waals surface area contributed by atoms with E-state index in [0.29, 0.717) is 26.4 Å². The lowest BCUT2D eigenvalue weighted by atomic mass is 10.1. The molecule has 4 atom stereocenters. The number of rotatable bonds is 11. The van der Waals surface area contributed by atoms with Crippen molar-refractivity contribution in [1.82, 2.24) is 0 Å². The van der Waals surface area contributed by atoms with Crippen molar-refractivity contribution in [3.63, 3.8) is 0 Å². The van der Waals surface area contributed by atoms with Gasteiger partial charge < -0.3 is 23.7 Å². The Morgan fingerprint density at radius 3 is 1.59 bits per heavy atom. The van der Waals surface area contributed by atoms with Crippen LogP contribution >= 0.6 is 0 Å². The number of methoxy groups -OCH3 is 1. The van der Waals surface area contributed by atoms with Crippen molar-refractivity contribution in [2.24, 2.45) is 0 Å². The SMILES string of the molecule is COC1O[C@@H](COCc2ccccc2)[C@H](OCc2ccccc2)[C@@H]1OCc1ccccc1. The molecule has 168 valence electrons. The molecule has 1 aliphatic rings. The van der Waals surface area contributed by atoms with Crippen LogP contribution in [0.5, 0.6) is 0 Å². The molecule has 0 bridgehead atoms. The highest BCUT2D eigenvalue weighted by atomic mass is 16.7. The molecule has 0 aromatic heterocycles. The molecule has 1 aliphatic heterocycles. The van der Waals surface area contributed by atoms with Gasteiger partial charge in [0.15, 0.2) is 6.29 Å². The van der Waals surface area contributed by atoms with Gasteiger partial charge in [-0.15, -0.1) is 0 Å². The summed E-state index contributed by atoms with van der Waals surface area (Å²) in [6.07, 6.45) is -1.51. The highest BCUT2D eigenvalue weighted by Crippen LogP contribution is 2.29. The van der Waals surface area contributed by atoms with Gasteiger partial charge in [-0.25, -0.2) is 0 Å². The van der Waals surface area contributed by atoms with Gasteiger partial charge in [0, 0.05) is 7.11 Å². The van der Waals surface area contributed by atoms with E-state index in [9.17, 15) is 0 Å². The van der Waals surface area contributed by atoms with Crippen molar-refractivity contribution in [3.8, 4) is 0 Å². The van der Waals surface area contributed by atoms with Crippen molar-refractivity contribution in [3.05, 3.63) is 108 Å². The minimum Gasteiger partial charge on any atom is -0.374 e. The van der Waals surface area contributed by atoms with Crippen LogP contribution in [0.15, 0.2) is 91.0 Å². The lowest BCUT2D eigenvalue weighted by Crippen LogP contribution is -2.39. The summed E-state index contributed by atoms with van der Waals surface area (Å²) in [5.41, 5.74) is 3.31. The fourth-order valence-electron chi connectivity index (χ4n) is 3.79. The van der Waals surface area contributed by atoms with E-state index in [1.165, 1.54) is 0 Å². The monoisotopic (exact) mass is 434 g/mol. The van der Waals surface area contributed by atoms with Crippen molar-refractivity contribution in [2.75, 3.05) is 13.7 Å². The predicted molar refractivity (Wildman–Crippen MR) is 122 cm³/mol. The second kappa shape index (κ2) is 11.9. The van der Waals surface area contributed by atoms with E-state index in [-0.39, 0.29) is 18.3 Å². The molecule has 0 radical (unpaired) electrons. The van der Waals surface area contributed by atoms with Gasteiger partial charge in [-0.2, -0.15) is 0 Å². The van der Waals surface area contributed by atoms with Gasteiger partial charge in [-0.3, -0.25) is 0 Å². The minimum atomic E-state index is -0.523. The molecule has 0 spiro atoms. The predicted octanol–water partition coefficient (Wildman–Crippen LogP) is 4.75. The van der Waals surface area contributed by atoms with Crippen LogP contribution in [-0.4, -0.2) is 38.3 Å². The molecule has 1 fully saturated rings. The quantitative estimate of drug-likeness (QED) is 0.436. The fourth-order valence-corrected chi connectivity index (χ4v) is 3.79. The van der Waals surface area contributed by atoms with Crippen molar-refractivity contribution in [1.29, 1.82) is 0 Å². The average molecular weight is 435 g/mol. The molecule has 1 unspecified atom stereocenters. The van der Waals surface area contributed by atoms with Crippen LogP contribution in [0.25, 0.3) is 0 Å². The molecule has 0 saturated carbocycles. The molecule has 1 saturated heterocycles. The Morgan fingerprint density at radius 1 is 0.625 bits per heavy atom. The molecule has 0 amide bonds. The maximum atomic E-state index is 6.33. The Morgan fingerprint density at radius 2 is 1.09 bits per heavy atom. The third-order valence-corrected chi connectivity index (χ3v) is 5.46. The second-order valence-corrected chi connectivity index (χ2v) is 7.80. The van der Waals surface area contributed by atoms with E-state index in [0.717, 1.165) is 16.7 Å². The first-order valence-corrected chi connectivity index (χ1v) is 10.9. The van der Waals surface area contributed by atoms with Crippen LogP contribution in [0.1, 0.15) is 16.7 Å². The third-order valence-electron chi connectivity index (χ3n) is 5.46. The smallest absolute Gasteiger partial charge is 0.186 e. The first-order valence-electron chi connectivity index (χ1n) is 10.9.